The third-order valence-corrected chi connectivity index (χ3v) is 3.55. The number of rotatable bonds is 6. The minimum atomic E-state index is 0.0531. The Morgan fingerprint density at radius 1 is 1.39 bits per heavy atom. The van der Waals surface area contributed by atoms with Gasteiger partial charge in [-0.05, 0) is 43.4 Å². The SMILES string of the molecule is O=C(CCc1ccncc1)N(CCO)C1CCC1. The largest absolute Gasteiger partial charge is 0.395 e. The fraction of sp³-hybridized carbons (Fsp3) is 0.571. The zero-order valence-electron chi connectivity index (χ0n) is 10.6. The van der Waals surface area contributed by atoms with Gasteiger partial charge in [0.15, 0.2) is 0 Å². The Balaban J connectivity index is 1.85. The monoisotopic (exact) mass is 248 g/mol. The molecule has 0 aliphatic heterocycles. The fourth-order valence-corrected chi connectivity index (χ4v) is 2.26. The molecule has 1 aromatic rings. The Hall–Kier alpha value is -1.42. The van der Waals surface area contributed by atoms with Crippen molar-refractivity contribution < 1.29 is 9.90 Å². The van der Waals surface area contributed by atoms with Gasteiger partial charge >= 0.3 is 0 Å². The van der Waals surface area contributed by atoms with Crippen LogP contribution in [0.2, 0.25) is 0 Å². The lowest BCUT2D eigenvalue weighted by molar-refractivity contribution is -0.135. The minimum absolute atomic E-state index is 0.0531. The molecule has 0 atom stereocenters. The normalized spacial score (nSPS) is 15.2. The van der Waals surface area contributed by atoms with Gasteiger partial charge < -0.3 is 10.0 Å². The fourth-order valence-electron chi connectivity index (χ4n) is 2.26. The second-order valence-electron chi connectivity index (χ2n) is 4.75. The van der Waals surface area contributed by atoms with E-state index in [0.29, 0.717) is 19.0 Å². The molecule has 1 aliphatic rings. The van der Waals surface area contributed by atoms with Crippen LogP contribution in [0.4, 0.5) is 0 Å². The van der Waals surface area contributed by atoms with Crippen molar-refractivity contribution in [2.45, 2.75) is 38.1 Å². The highest BCUT2D eigenvalue weighted by atomic mass is 16.3. The number of aliphatic hydroxyl groups excluding tert-OH is 1. The average molecular weight is 248 g/mol. The highest BCUT2D eigenvalue weighted by Crippen LogP contribution is 2.25. The molecule has 18 heavy (non-hydrogen) atoms. The molecule has 1 aliphatic carbocycles. The van der Waals surface area contributed by atoms with Gasteiger partial charge in [-0.2, -0.15) is 0 Å². The zero-order valence-corrected chi connectivity index (χ0v) is 10.6. The maximum atomic E-state index is 12.1. The Morgan fingerprint density at radius 2 is 2.11 bits per heavy atom. The molecule has 2 rings (SSSR count). The maximum Gasteiger partial charge on any atom is 0.223 e. The third kappa shape index (κ3) is 3.29. The molecule has 0 radical (unpaired) electrons. The molecular weight excluding hydrogens is 228 g/mol. The summed E-state index contributed by atoms with van der Waals surface area (Å²) in [5, 5.41) is 9.04. The molecule has 1 heterocycles. The number of pyridine rings is 1. The van der Waals surface area contributed by atoms with E-state index in [1.807, 2.05) is 17.0 Å². The van der Waals surface area contributed by atoms with Crippen molar-refractivity contribution in [1.29, 1.82) is 0 Å². The Kier molecular flexibility index (Phi) is 4.70. The number of carbonyl (C=O) groups is 1. The maximum absolute atomic E-state index is 12.1. The molecule has 1 saturated carbocycles. The molecule has 0 bridgehead atoms. The number of amides is 1. The van der Waals surface area contributed by atoms with E-state index in [4.69, 9.17) is 5.11 Å². The van der Waals surface area contributed by atoms with Crippen LogP contribution in [-0.2, 0) is 11.2 Å². The molecule has 0 aromatic carbocycles. The van der Waals surface area contributed by atoms with E-state index in [0.717, 1.165) is 24.8 Å². The summed E-state index contributed by atoms with van der Waals surface area (Å²) in [6.07, 6.45) is 8.12. The van der Waals surface area contributed by atoms with Gasteiger partial charge in [-0.15, -0.1) is 0 Å². The van der Waals surface area contributed by atoms with Crippen molar-refractivity contribution in [3.63, 3.8) is 0 Å². The number of aryl methyl sites for hydroxylation is 1. The van der Waals surface area contributed by atoms with Crippen LogP contribution >= 0.6 is 0 Å². The van der Waals surface area contributed by atoms with Gasteiger partial charge in [-0.25, -0.2) is 0 Å². The smallest absolute Gasteiger partial charge is 0.223 e. The summed E-state index contributed by atoms with van der Waals surface area (Å²) < 4.78 is 0. The van der Waals surface area contributed by atoms with Crippen LogP contribution in [0.15, 0.2) is 24.5 Å². The molecule has 1 aromatic heterocycles. The van der Waals surface area contributed by atoms with E-state index in [9.17, 15) is 4.79 Å². The number of hydrogen-bond donors (Lipinski definition) is 1. The quantitative estimate of drug-likeness (QED) is 0.827. The summed E-state index contributed by atoms with van der Waals surface area (Å²) >= 11 is 0. The summed E-state index contributed by atoms with van der Waals surface area (Å²) in [6, 6.07) is 4.24. The summed E-state index contributed by atoms with van der Waals surface area (Å²) in [6.45, 7) is 0.525. The number of aliphatic hydroxyl groups is 1. The van der Waals surface area contributed by atoms with Crippen LogP contribution in [0.25, 0.3) is 0 Å². The van der Waals surface area contributed by atoms with Crippen molar-refractivity contribution in [3.05, 3.63) is 30.1 Å². The third-order valence-electron chi connectivity index (χ3n) is 3.55. The highest BCUT2D eigenvalue weighted by Gasteiger charge is 2.27. The van der Waals surface area contributed by atoms with Crippen molar-refractivity contribution in [3.8, 4) is 0 Å². The topological polar surface area (TPSA) is 53.4 Å². The lowest BCUT2D eigenvalue weighted by atomic mass is 9.91. The Bertz CT molecular complexity index is 377. The van der Waals surface area contributed by atoms with E-state index >= 15 is 0 Å². The molecule has 0 unspecified atom stereocenters. The summed E-state index contributed by atoms with van der Waals surface area (Å²) in [5.41, 5.74) is 1.14. The van der Waals surface area contributed by atoms with Crippen LogP contribution in [-0.4, -0.2) is 40.1 Å². The average Bonchev–Trinajstić information content (AvgIpc) is 2.34. The molecule has 0 spiro atoms. The predicted octanol–water partition coefficient (Wildman–Crippen LogP) is 1.39. The van der Waals surface area contributed by atoms with E-state index in [1.165, 1.54) is 6.42 Å². The summed E-state index contributed by atoms with van der Waals surface area (Å²) in [5.74, 6) is 0.158. The molecule has 1 amide bonds. The van der Waals surface area contributed by atoms with Crippen LogP contribution in [0.1, 0.15) is 31.2 Å². The first-order valence-electron chi connectivity index (χ1n) is 6.60. The van der Waals surface area contributed by atoms with Crippen molar-refractivity contribution in [2.24, 2.45) is 0 Å². The van der Waals surface area contributed by atoms with Gasteiger partial charge in [0.2, 0.25) is 5.91 Å². The molecule has 0 saturated heterocycles. The predicted molar refractivity (Wildman–Crippen MR) is 69.0 cm³/mol. The summed E-state index contributed by atoms with van der Waals surface area (Å²) in [4.78, 5) is 18.0. The van der Waals surface area contributed by atoms with Gasteiger partial charge in [-0.3, -0.25) is 9.78 Å². The molecule has 1 fully saturated rings. The standard InChI is InChI=1S/C14H20N2O2/c17-11-10-16(13-2-1-3-13)14(18)5-4-12-6-8-15-9-7-12/h6-9,13,17H,1-5,10-11H2. The lowest BCUT2D eigenvalue weighted by Crippen LogP contribution is -2.45. The minimum Gasteiger partial charge on any atom is -0.395 e. The highest BCUT2D eigenvalue weighted by molar-refractivity contribution is 5.77. The second kappa shape index (κ2) is 6.50. The van der Waals surface area contributed by atoms with E-state index in [1.54, 1.807) is 12.4 Å². The lowest BCUT2D eigenvalue weighted by Gasteiger charge is -2.37. The van der Waals surface area contributed by atoms with Gasteiger partial charge in [0.25, 0.3) is 0 Å². The summed E-state index contributed by atoms with van der Waals surface area (Å²) in [7, 11) is 0. The Labute approximate surface area is 108 Å². The van der Waals surface area contributed by atoms with E-state index in [-0.39, 0.29) is 12.5 Å². The van der Waals surface area contributed by atoms with Crippen molar-refractivity contribution >= 4 is 5.91 Å². The van der Waals surface area contributed by atoms with Crippen LogP contribution in [0.3, 0.4) is 0 Å². The zero-order chi connectivity index (χ0) is 12.8. The van der Waals surface area contributed by atoms with Crippen molar-refractivity contribution in [2.75, 3.05) is 13.2 Å². The first-order chi connectivity index (χ1) is 8.81. The number of hydrogen-bond acceptors (Lipinski definition) is 3. The van der Waals surface area contributed by atoms with E-state index in [2.05, 4.69) is 4.98 Å². The second-order valence-corrected chi connectivity index (χ2v) is 4.75. The van der Waals surface area contributed by atoms with Gasteiger partial charge in [0.1, 0.15) is 0 Å². The number of aromatic nitrogens is 1. The first-order valence-corrected chi connectivity index (χ1v) is 6.60. The van der Waals surface area contributed by atoms with Gasteiger partial charge in [0.05, 0.1) is 6.61 Å². The molecule has 4 nitrogen and oxygen atoms in total. The number of nitrogens with zero attached hydrogens (tertiary/aromatic N) is 2. The first kappa shape index (κ1) is 13.0. The van der Waals surface area contributed by atoms with Gasteiger partial charge in [-0.1, -0.05) is 0 Å². The van der Waals surface area contributed by atoms with E-state index < -0.39 is 0 Å². The van der Waals surface area contributed by atoms with Crippen molar-refractivity contribution in [1.82, 2.24) is 9.88 Å². The van der Waals surface area contributed by atoms with Crippen LogP contribution in [0, 0.1) is 0 Å². The molecule has 4 heteroatoms. The van der Waals surface area contributed by atoms with Crippen LogP contribution in [0.5, 0.6) is 0 Å². The molecule has 1 N–H and O–H groups in total. The molecule has 98 valence electrons. The Morgan fingerprint density at radius 3 is 2.67 bits per heavy atom. The molecular formula is C14H20N2O2. The van der Waals surface area contributed by atoms with Gasteiger partial charge in [0, 0.05) is 31.4 Å². The number of carbonyl (C=O) groups excluding carboxylic acids is 1. The van der Waals surface area contributed by atoms with Crippen LogP contribution < -0.4 is 0 Å².